The van der Waals surface area contributed by atoms with E-state index in [-0.39, 0.29) is 0 Å². The molecular weight excluding hydrogens is 404 g/mol. The smallest absolute Gasteiger partial charge is 0.349 e. The van der Waals surface area contributed by atoms with Crippen molar-refractivity contribution in [1.29, 1.82) is 0 Å². The Kier molecular flexibility index (Phi) is 8.72. The highest BCUT2D eigenvalue weighted by Crippen LogP contribution is 2.28. The highest BCUT2D eigenvalue weighted by Gasteiger charge is 2.51. The molecule has 0 aromatic heterocycles. The molecule has 0 rings (SSSR count). The lowest BCUT2D eigenvalue weighted by Crippen LogP contribution is -2.51. The normalized spacial score (nSPS) is 12.9. The van der Waals surface area contributed by atoms with E-state index in [4.69, 9.17) is 15.3 Å². The van der Waals surface area contributed by atoms with Gasteiger partial charge in [0, 0.05) is 6.42 Å². The molecule has 0 fully saturated rings. The molecule has 0 aliphatic heterocycles. The standard InChI is InChI=1S/C15H18O14/c1-2-10(22)28-15(13(26)27,5-9(20)21)6-11(23)29-14(12(24)25,3-7(16)17)4-8(18)19/h2-6H2,1H3,(H,16,17)(H,18,19)(H,20,21)(H,24,25)(H,26,27). The fourth-order valence-electron chi connectivity index (χ4n) is 2.17. The van der Waals surface area contributed by atoms with Crippen molar-refractivity contribution in [1.82, 2.24) is 0 Å². The molecule has 0 heterocycles. The molecule has 0 spiro atoms. The average Bonchev–Trinajstić information content (AvgIpc) is 2.51. The number of rotatable bonds is 13. The maximum Gasteiger partial charge on any atom is 0.349 e. The van der Waals surface area contributed by atoms with Gasteiger partial charge in [-0.2, -0.15) is 0 Å². The molecule has 0 aromatic carbocycles. The summed E-state index contributed by atoms with van der Waals surface area (Å²) < 4.78 is 9.04. The maximum absolute atomic E-state index is 12.2. The van der Waals surface area contributed by atoms with Gasteiger partial charge in [-0.25, -0.2) is 9.59 Å². The van der Waals surface area contributed by atoms with E-state index in [2.05, 4.69) is 9.47 Å². The molecule has 0 aliphatic rings. The Balaban J connectivity index is 6.02. The van der Waals surface area contributed by atoms with Gasteiger partial charge in [-0.05, 0) is 0 Å². The molecule has 0 amide bonds. The monoisotopic (exact) mass is 422 g/mol. The summed E-state index contributed by atoms with van der Waals surface area (Å²) in [5.74, 6) is -12.7. The zero-order valence-electron chi connectivity index (χ0n) is 14.9. The van der Waals surface area contributed by atoms with Crippen LogP contribution in [0.3, 0.4) is 0 Å². The molecular formula is C15H18O14. The van der Waals surface area contributed by atoms with Gasteiger partial charge >= 0.3 is 41.8 Å². The van der Waals surface area contributed by atoms with Gasteiger partial charge in [-0.15, -0.1) is 0 Å². The second-order valence-corrected chi connectivity index (χ2v) is 5.79. The van der Waals surface area contributed by atoms with E-state index in [9.17, 15) is 43.8 Å². The SMILES string of the molecule is CCC(=O)OC(CC(=O)O)(CC(=O)OC(CC(=O)O)(CC(=O)O)C(=O)O)C(=O)O. The van der Waals surface area contributed by atoms with Crippen LogP contribution in [0.1, 0.15) is 39.0 Å². The van der Waals surface area contributed by atoms with Crippen molar-refractivity contribution in [2.45, 2.75) is 50.2 Å². The average molecular weight is 422 g/mol. The number of carboxylic acid groups (broad SMARTS) is 5. The number of aliphatic carboxylic acids is 5. The van der Waals surface area contributed by atoms with Gasteiger partial charge < -0.3 is 35.0 Å². The van der Waals surface area contributed by atoms with Crippen molar-refractivity contribution in [3.05, 3.63) is 0 Å². The molecule has 1 atom stereocenters. The molecule has 1 unspecified atom stereocenters. The molecule has 0 saturated carbocycles. The van der Waals surface area contributed by atoms with Crippen LogP contribution in [0.25, 0.3) is 0 Å². The maximum atomic E-state index is 12.2. The first-order chi connectivity index (χ1) is 13.2. The number of ether oxygens (including phenoxy) is 2. The number of carbonyl (C=O) groups excluding carboxylic acids is 2. The van der Waals surface area contributed by atoms with E-state index < -0.39 is 85.1 Å². The van der Waals surface area contributed by atoms with E-state index in [1.54, 1.807) is 0 Å². The summed E-state index contributed by atoms with van der Waals surface area (Å²) in [6.45, 7) is 1.24. The lowest BCUT2D eigenvalue weighted by atomic mass is 9.93. The van der Waals surface area contributed by atoms with E-state index in [0.717, 1.165) is 0 Å². The molecule has 0 saturated heterocycles. The Labute approximate surface area is 161 Å². The van der Waals surface area contributed by atoms with Crippen LogP contribution in [0.2, 0.25) is 0 Å². The fourth-order valence-corrected chi connectivity index (χ4v) is 2.17. The Hall–Kier alpha value is -3.71. The third-order valence-electron chi connectivity index (χ3n) is 3.43. The third-order valence-corrected chi connectivity index (χ3v) is 3.43. The van der Waals surface area contributed by atoms with Crippen LogP contribution in [0.15, 0.2) is 0 Å². The predicted octanol–water partition coefficient (Wildman–Crippen LogP) is -1.06. The lowest BCUT2D eigenvalue weighted by Gasteiger charge is -2.30. The summed E-state index contributed by atoms with van der Waals surface area (Å²) in [7, 11) is 0. The highest BCUT2D eigenvalue weighted by molar-refractivity contribution is 5.94. The minimum absolute atomic E-state index is 0.402. The van der Waals surface area contributed by atoms with Crippen LogP contribution in [-0.2, 0) is 43.0 Å². The molecule has 0 bridgehead atoms. The van der Waals surface area contributed by atoms with Crippen molar-refractivity contribution in [3.63, 3.8) is 0 Å². The highest BCUT2D eigenvalue weighted by atomic mass is 16.6. The number of carbonyl (C=O) groups is 7. The van der Waals surface area contributed by atoms with Crippen LogP contribution in [-0.4, -0.2) is 78.5 Å². The Morgan fingerprint density at radius 2 is 0.897 bits per heavy atom. The van der Waals surface area contributed by atoms with E-state index in [1.807, 2.05) is 0 Å². The molecule has 0 radical (unpaired) electrons. The van der Waals surface area contributed by atoms with Crippen LogP contribution >= 0.6 is 0 Å². The van der Waals surface area contributed by atoms with Gasteiger partial charge in [-0.1, -0.05) is 6.92 Å². The minimum Gasteiger partial charge on any atom is -0.481 e. The Bertz CT molecular complexity index is 707. The summed E-state index contributed by atoms with van der Waals surface area (Å²) in [5.41, 5.74) is -6.11. The molecule has 5 N–H and O–H groups in total. The summed E-state index contributed by atoms with van der Waals surface area (Å²) >= 11 is 0. The van der Waals surface area contributed by atoms with Crippen LogP contribution in [0.5, 0.6) is 0 Å². The van der Waals surface area contributed by atoms with Gasteiger partial charge in [0.2, 0.25) is 11.2 Å². The van der Waals surface area contributed by atoms with Crippen molar-refractivity contribution >= 4 is 41.8 Å². The first-order valence-corrected chi connectivity index (χ1v) is 7.75. The van der Waals surface area contributed by atoms with Crippen molar-refractivity contribution in [3.8, 4) is 0 Å². The first-order valence-electron chi connectivity index (χ1n) is 7.75. The zero-order chi connectivity index (χ0) is 23.0. The summed E-state index contributed by atoms with van der Waals surface area (Å²) in [6.07, 6.45) is -6.32. The van der Waals surface area contributed by atoms with Crippen molar-refractivity contribution in [2.24, 2.45) is 0 Å². The van der Waals surface area contributed by atoms with Gasteiger partial charge in [0.05, 0.1) is 25.7 Å². The van der Waals surface area contributed by atoms with Gasteiger partial charge in [0.25, 0.3) is 0 Å². The van der Waals surface area contributed by atoms with Crippen molar-refractivity contribution < 1.29 is 68.6 Å². The molecule has 0 aromatic rings. The first kappa shape index (κ1) is 25.3. The lowest BCUT2D eigenvalue weighted by molar-refractivity contribution is -0.196. The Morgan fingerprint density at radius 1 is 0.586 bits per heavy atom. The van der Waals surface area contributed by atoms with E-state index in [1.165, 1.54) is 6.92 Å². The minimum atomic E-state index is -3.11. The van der Waals surface area contributed by atoms with Crippen LogP contribution in [0.4, 0.5) is 0 Å². The third kappa shape index (κ3) is 7.43. The zero-order valence-corrected chi connectivity index (χ0v) is 14.9. The van der Waals surface area contributed by atoms with E-state index >= 15 is 0 Å². The van der Waals surface area contributed by atoms with Gasteiger partial charge in [-0.3, -0.25) is 24.0 Å². The fraction of sp³-hybridized carbons (Fsp3) is 0.533. The number of hydrogen-bond donors (Lipinski definition) is 5. The van der Waals surface area contributed by atoms with E-state index in [0.29, 0.717) is 0 Å². The second-order valence-electron chi connectivity index (χ2n) is 5.79. The van der Waals surface area contributed by atoms with Crippen LogP contribution < -0.4 is 0 Å². The number of hydrogen-bond acceptors (Lipinski definition) is 9. The quantitative estimate of drug-likeness (QED) is 0.222. The molecule has 14 nitrogen and oxygen atoms in total. The topological polar surface area (TPSA) is 239 Å². The van der Waals surface area contributed by atoms with Crippen molar-refractivity contribution in [2.75, 3.05) is 0 Å². The summed E-state index contributed by atoms with van der Waals surface area (Å²) in [4.78, 5) is 79.5. The molecule has 14 heteroatoms. The second kappa shape index (κ2) is 10.0. The number of esters is 2. The largest absolute Gasteiger partial charge is 0.481 e. The predicted molar refractivity (Wildman–Crippen MR) is 84.6 cm³/mol. The molecule has 0 aliphatic carbocycles. The summed E-state index contributed by atoms with van der Waals surface area (Å²) in [6, 6.07) is 0. The molecule has 162 valence electrons. The number of carboxylic acids is 5. The molecule has 29 heavy (non-hydrogen) atoms. The van der Waals surface area contributed by atoms with Gasteiger partial charge in [0.1, 0.15) is 0 Å². The Morgan fingerprint density at radius 3 is 1.17 bits per heavy atom. The van der Waals surface area contributed by atoms with Crippen LogP contribution in [0, 0.1) is 0 Å². The van der Waals surface area contributed by atoms with Gasteiger partial charge in [0.15, 0.2) is 0 Å². The summed E-state index contributed by atoms with van der Waals surface area (Å²) in [5, 5.41) is 45.1.